The number of carboxylic acids is 1. The number of primary amides is 1. The van der Waals surface area contributed by atoms with Crippen LogP contribution in [0.1, 0.15) is 18.4 Å². The number of rotatable bonds is 14. The highest BCUT2D eigenvalue weighted by Crippen LogP contribution is 2.03. The number of nitrogens with one attached hydrogen (secondary N) is 3. The first-order chi connectivity index (χ1) is 15.6. The maximum Gasteiger partial charge on any atom is 0.327 e. The Morgan fingerprint density at radius 3 is 1.97 bits per heavy atom. The fraction of sp³-hybridized carbons (Fsp3) is 0.450. The summed E-state index contributed by atoms with van der Waals surface area (Å²) in [7, 11) is 0. The lowest BCUT2D eigenvalue weighted by atomic mass is 10.1. The molecule has 0 saturated carbocycles. The van der Waals surface area contributed by atoms with Crippen molar-refractivity contribution in [1.82, 2.24) is 16.0 Å². The second kappa shape index (κ2) is 14.1. The third-order valence-electron chi connectivity index (χ3n) is 4.56. The lowest BCUT2D eigenvalue weighted by Gasteiger charge is -2.24. The summed E-state index contributed by atoms with van der Waals surface area (Å²) in [5, 5.41) is 25.4. The fourth-order valence-corrected chi connectivity index (χ4v) is 2.97. The highest BCUT2D eigenvalue weighted by atomic mass is 32.1. The van der Waals surface area contributed by atoms with Crippen LogP contribution in [0.25, 0.3) is 0 Å². The molecule has 0 saturated heterocycles. The Balaban J connectivity index is 2.82. The molecule has 0 aliphatic rings. The molecule has 0 fully saturated rings. The zero-order valence-electron chi connectivity index (χ0n) is 17.8. The van der Waals surface area contributed by atoms with Gasteiger partial charge in [0, 0.05) is 12.2 Å². The van der Waals surface area contributed by atoms with Crippen molar-refractivity contribution >= 4 is 42.2 Å². The highest BCUT2D eigenvalue weighted by molar-refractivity contribution is 7.80. The van der Waals surface area contributed by atoms with Crippen LogP contribution in [-0.2, 0) is 30.4 Å². The van der Waals surface area contributed by atoms with E-state index in [1.807, 2.05) is 0 Å². The van der Waals surface area contributed by atoms with Gasteiger partial charge in [-0.2, -0.15) is 12.6 Å². The van der Waals surface area contributed by atoms with Crippen molar-refractivity contribution in [2.75, 3.05) is 12.4 Å². The predicted molar refractivity (Wildman–Crippen MR) is 121 cm³/mol. The lowest BCUT2D eigenvalue weighted by Crippen LogP contribution is -2.58. The molecule has 1 rings (SSSR count). The van der Waals surface area contributed by atoms with Gasteiger partial charge in [0.15, 0.2) is 0 Å². The summed E-state index contributed by atoms with van der Waals surface area (Å²) in [5.74, 6) is -4.83. The van der Waals surface area contributed by atoms with Gasteiger partial charge in [0.25, 0.3) is 0 Å². The first kappa shape index (κ1) is 27.9. The molecule has 1 aromatic rings. The number of hydrogen-bond acceptors (Lipinski definition) is 8. The molecule has 0 spiro atoms. The molecule has 9 N–H and O–H groups in total. The van der Waals surface area contributed by atoms with Gasteiger partial charge < -0.3 is 37.6 Å². The predicted octanol–water partition coefficient (Wildman–Crippen LogP) is -2.72. The Bertz CT molecular complexity index is 839. The van der Waals surface area contributed by atoms with Crippen LogP contribution in [0.3, 0.4) is 0 Å². The van der Waals surface area contributed by atoms with E-state index in [-0.39, 0.29) is 25.0 Å². The van der Waals surface area contributed by atoms with Gasteiger partial charge in [0.05, 0.1) is 12.6 Å². The quantitative estimate of drug-likeness (QED) is 0.130. The Kier molecular flexibility index (Phi) is 11.9. The minimum Gasteiger partial charge on any atom is -0.480 e. The van der Waals surface area contributed by atoms with Crippen molar-refractivity contribution in [3.63, 3.8) is 0 Å². The SMILES string of the molecule is NC(=O)CCC(NC(=O)C(CO)NC(=O)C(N)Cc1ccccc1)C(=O)NC(CS)C(=O)O. The zero-order chi connectivity index (χ0) is 25.0. The lowest BCUT2D eigenvalue weighted by molar-refractivity contribution is -0.141. The Labute approximate surface area is 195 Å². The summed E-state index contributed by atoms with van der Waals surface area (Å²) in [4.78, 5) is 59.7. The molecule has 12 nitrogen and oxygen atoms in total. The molecule has 4 amide bonds. The molecular formula is C20H29N5O7S. The van der Waals surface area contributed by atoms with E-state index in [1.54, 1.807) is 30.3 Å². The summed E-state index contributed by atoms with van der Waals surface area (Å²) < 4.78 is 0. The van der Waals surface area contributed by atoms with Crippen molar-refractivity contribution in [3.8, 4) is 0 Å². The molecule has 0 radical (unpaired) electrons. The summed E-state index contributed by atoms with van der Waals surface area (Å²) in [6, 6.07) is 3.79. The van der Waals surface area contributed by atoms with E-state index in [2.05, 4.69) is 28.6 Å². The van der Waals surface area contributed by atoms with Crippen LogP contribution >= 0.6 is 12.6 Å². The maximum atomic E-state index is 12.6. The van der Waals surface area contributed by atoms with E-state index in [4.69, 9.17) is 16.6 Å². The minimum absolute atomic E-state index is 0.191. The number of carbonyl (C=O) groups excluding carboxylic acids is 4. The summed E-state index contributed by atoms with van der Waals surface area (Å²) in [6.07, 6.45) is -0.323. The number of aliphatic hydroxyl groups is 1. The first-order valence-electron chi connectivity index (χ1n) is 10.0. The topological polar surface area (TPSA) is 214 Å². The normalized spacial score (nSPS) is 14.3. The van der Waals surface area contributed by atoms with Gasteiger partial charge in [0.2, 0.25) is 23.6 Å². The van der Waals surface area contributed by atoms with Crippen molar-refractivity contribution in [1.29, 1.82) is 0 Å². The minimum atomic E-state index is -1.44. The molecule has 1 aromatic carbocycles. The van der Waals surface area contributed by atoms with E-state index in [1.165, 1.54) is 0 Å². The molecule has 0 aromatic heterocycles. The number of hydrogen-bond donors (Lipinski definition) is 8. The second-order valence-electron chi connectivity index (χ2n) is 7.19. The molecule has 13 heteroatoms. The van der Waals surface area contributed by atoms with Gasteiger partial charge in [-0.25, -0.2) is 4.79 Å². The van der Waals surface area contributed by atoms with Crippen LogP contribution < -0.4 is 27.4 Å². The molecule has 4 unspecified atom stereocenters. The van der Waals surface area contributed by atoms with E-state index in [9.17, 15) is 29.1 Å². The summed E-state index contributed by atoms with van der Waals surface area (Å²) in [6.45, 7) is -0.797. The summed E-state index contributed by atoms with van der Waals surface area (Å²) >= 11 is 3.84. The number of amides is 4. The van der Waals surface area contributed by atoms with Crippen LogP contribution in [0.5, 0.6) is 0 Å². The molecule has 0 aliphatic heterocycles. The van der Waals surface area contributed by atoms with Crippen molar-refractivity contribution < 1.29 is 34.2 Å². The Morgan fingerprint density at radius 2 is 1.45 bits per heavy atom. The standard InChI is InChI=1S/C20H29N5O7S/c21-12(8-11-4-2-1-3-5-11)17(28)24-14(9-26)19(30)23-13(6-7-16(22)27)18(29)25-15(10-33)20(31)32/h1-5,12-15,26,33H,6-10,21H2,(H2,22,27)(H,23,30)(H,24,28)(H,25,29)(H,31,32). The van der Waals surface area contributed by atoms with Crippen molar-refractivity contribution in [2.45, 2.75) is 43.4 Å². The highest BCUT2D eigenvalue weighted by Gasteiger charge is 2.30. The number of carbonyl (C=O) groups is 5. The third-order valence-corrected chi connectivity index (χ3v) is 4.93. The van der Waals surface area contributed by atoms with Crippen molar-refractivity contribution in [2.24, 2.45) is 11.5 Å². The summed E-state index contributed by atoms with van der Waals surface area (Å²) in [5.41, 5.74) is 11.8. The van der Waals surface area contributed by atoms with E-state index in [0.717, 1.165) is 5.56 Å². The van der Waals surface area contributed by atoms with Gasteiger partial charge in [-0.1, -0.05) is 30.3 Å². The number of thiol groups is 1. The van der Waals surface area contributed by atoms with E-state index in [0.29, 0.717) is 0 Å². The van der Waals surface area contributed by atoms with Crippen molar-refractivity contribution in [3.05, 3.63) is 35.9 Å². The molecule has 182 valence electrons. The van der Waals surface area contributed by atoms with E-state index < -0.39 is 60.4 Å². The number of aliphatic hydroxyl groups excluding tert-OH is 1. The number of aliphatic carboxylic acids is 1. The average Bonchev–Trinajstić information content (AvgIpc) is 2.78. The Morgan fingerprint density at radius 1 is 0.909 bits per heavy atom. The van der Waals surface area contributed by atoms with Gasteiger partial charge >= 0.3 is 5.97 Å². The van der Waals surface area contributed by atoms with Gasteiger partial charge in [-0.05, 0) is 18.4 Å². The van der Waals surface area contributed by atoms with Crippen LogP contribution in [0.2, 0.25) is 0 Å². The molecule has 0 bridgehead atoms. The van der Waals surface area contributed by atoms with Gasteiger partial charge in [-0.15, -0.1) is 0 Å². The van der Waals surface area contributed by atoms with Gasteiger partial charge in [-0.3, -0.25) is 19.2 Å². The average molecular weight is 484 g/mol. The van der Waals surface area contributed by atoms with E-state index >= 15 is 0 Å². The fourth-order valence-electron chi connectivity index (χ4n) is 2.72. The third kappa shape index (κ3) is 9.89. The molecule has 0 aliphatic carbocycles. The number of nitrogens with two attached hydrogens (primary N) is 2. The van der Waals surface area contributed by atoms with Crippen LogP contribution in [0.15, 0.2) is 30.3 Å². The Hall–Kier alpha value is -3.16. The largest absolute Gasteiger partial charge is 0.480 e. The second-order valence-corrected chi connectivity index (χ2v) is 7.55. The molecular weight excluding hydrogens is 454 g/mol. The number of carboxylic acid groups (broad SMARTS) is 1. The smallest absolute Gasteiger partial charge is 0.327 e. The first-order valence-corrected chi connectivity index (χ1v) is 10.7. The number of benzene rings is 1. The van der Waals surface area contributed by atoms with Crippen LogP contribution in [0.4, 0.5) is 0 Å². The monoisotopic (exact) mass is 483 g/mol. The zero-order valence-corrected chi connectivity index (χ0v) is 18.7. The maximum absolute atomic E-state index is 12.6. The molecule has 4 atom stereocenters. The molecule has 33 heavy (non-hydrogen) atoms. The molecule has 0 heterocycles. The van der Waals surface area contributed by atoms with Crippen LogP contribution in [-0.4, -0.2) is 76.3 Å². The van der Waals surface area contributed by atoms with Gasteiger partial charge in [0.1, 0.15) is 18.1 Å². The van der Waals surface area contributed by atoms with Crippen LogP contribution in [0, 0.1) is 0 Å².